The van der Waals surface area contributed by atoms with Crippen LogP contribution in [-0.4, -0.2) is 69.0 Å². The Morgan fingerprint density at radius 3 is 1.41 bits per heavy atom. The van der Waals surface area contributed by atoms with Crippen LogP contribution in [0, 0.1) is 58.2 Å². The highest BCUT2D eigenvalue weighted by atomic mass is 19.2. The molecule has 352 valence electrons. The molecule has 0 bridgehead atoms. The largest absolute Gasteiger partial charge is 0.461 e. The molecule has 1 N–H and O–H groups in total. The molecule has 0 aliphatic heterocycles. The molecular formula is C41H39F12NO10. The topological polar surface area (TPSA) is 136 Å². The zero-order chi connectivity index (χ0) is 47.6. The van der Waals surface area contributed by atoms with Crippen molar-refractivity contribution in [3.05, 3.63) is 106 Å². The fourth-order valence-corrected chi connectivity index (χ4v) is 5.24. The lowest BCUT2D eigenvalue weighted by Gasteiger charge is -2.34. The summed E-state index contributed by atoms with van der Waals surface area (Å²) in [6.07, 6.45) is -2.61. The van der Waals surface area contributed by atoms with Gasteiger partial charge in [0, 0.05) is 25.9 Å². The van der Waals surface area contributed by atoms with Crippen LogP contribution in [0.4, 0.5) is 52.7 Å². The third-order valence-electron chi connectivity index (χ3n) is 8.55. The van der Waals surface area contributed by atoms with E-state index in [2.05, 4.69) is 14.8 Å². The van der Waals surface area contributed by atoms with Crippen molar-refractivity contribution < 1.29 is 100 Å². The van der Waals surface area contributed by atoms with Gasteiger partial charge in [0.05, 0.1) is 45.9 Å². The molecule has 0 spiro atoms. The summed E-state index contributed by atoms with van der Waals surface area (Å²) in [7, 11) is 0. The minimum atomic E-state index is -2.51. The number of ether oxygens (including phenoxy) is 6. The number of unbranched alkanes of at least 4 members (excludes halogenated alkanes) is 1. The summed E-state index contributed by atoms with van der Waals surface area (Å²) in [5.74, 6) is -34.8. The zero-order valence-electron chi connectivity index (χ0n) is 33.6. The molecule has 64 heavy (non-hydrogen) atoms. The maximum Gasteiger partial charge on any atom is 0.313 e. The third-order valence-corrected chi connectivity index (χ3v) is 8.55. The number of halogens is 12. The Morgan fingerprint density at radius 2 is 0.953 bits per heavy atom. The molecule has 0 saturated heterocycles. The first-order chi connectivity index (χ1) is 30.3. The van der Waals surface area contributed by atoms with E-state index < -0.39 is 157 Å². The van der Waals surface area contributed by atoms with Gasteiger partial charge in [-0.25, -0.2) is 35.1 Å². The highest BCUT2D eigenvalue weighted by Gasteiger charge is 2.35. The van der Waals surface area contributed by atoms with Gasteiger partial charge in [0.1, 0.15) is 23.8 Å². The van der Waals surface area contributed by atoms with Crippen molar-refractivity contribution >= 4 is 23.8 Å². The number of carbonyl (C=O) groups excluding carboxylic acids is 4. The predicted octanol–water partition coefficient (Wildman–Crippen LogP) is 8.53. The lowest BCUT2D eigenvalue weighted by Crippen LogP contribution is -2.58. The van der Waals surface area contributed by atoms with Gasteiger partial charge in [0.25, 0.3) is 0 Å². The first kappa shape index (κ1) is 52.7. The van der Waals surface area contributed by atoms with Gasteiger partial charge in [-0.2, -0.15) is 17.6 Å². The first-order valence-corrected chi connectivity index (χ1v) is 19.0. The van der Waals surface area contributed by atoms with Crippen LogP contribution in [0.1, 0.15) is 63.9 Å². The van der Waals surface area contributed by atoms with Crippen LogP contribution >= 0.6 is 0 Å². The molecule has 0 radical (unpaired) electrons. The van der Waals surface area contributed by atoms with E-state index in [0.717, 1.165) is 6.92 Å². The van der Waals surface area contributed by atoms with Crippen molar-refractivity contribution in [1.82, 2.24) is 5.32 Å². The number of carbonyl (C=O) groups is 4. The Hall–Kier alpha value is -5.68. The molecule has 11 nitrogen and oxygen atoms in total. The van der Waals surface area contributed by atoms with Crippen molar-refractivity contribution in [2.45, 2.75) is 70.4 Å². The monoisotopic (exact) mass is 933 g/mol. The van der Waals surface area contributed by atoms with Crippen LogP contribution in [0.25, 0.3) is 0 Å². The third kappa shape index (κ3) is 15.8. The normalized spacial score (nSPS) is 11.9. The van der Waals surface area contributed by atoms with Gasteiger partial charge in [-0.3, -0.25) is 19.2 Å². The molecule has 0 saturated carbocycles. The zero-order valence-corrected chi connectivity index (χ0v) is 33.6. The summed E-state index contributed by atoms with van der Waals surface area (Å²) in [5, 5.41) is 2.56. The number of esters is 3. The van der Waals surface area contributed by atoms with E-state index in [0.29, 0.717) is 5.56 Å². The molecule has 23 heteroatoms. The van der Waals surface area contributed by atoms with Gasteiger partial charge in [0.2, 0.25) is 75.6 Å². The van der Waals surface area contributed by atoms with E-state index in [1.54, 1.807) is 30.3 Å². The minimum Gasteiger partial charge on any atom is -0.461 e. The Labute approximate surface area is 356 Å². The predicted molar refractivity (Wildman–Crippen MR) is 195 cm³/mol. The summed E-state index contributed by atoms with van der Waals surface area (Å²) in [6, 6.07) is 8.61. The average Bonchev–Trinajstić information content (AvgIpc) is 3.27. The van der Waals surface area contributed by atoms with E-state index in [4.69, 9.17) is 18.9 Å². The Balaban J connectivity index is 1.75. The fourth-order valence-electron chi connectivity index (χ4n) is 5.24. The van der Waals surface area contributed by atoms with Crippen molar-refractivity contribution in [2.75, 3.05) is 39.6 Å². The second kappa shape index (κ2) is 25.6. The van der Waals surface area contributed by atoms with Gasteiger partial charge in [-0.15, -0.1) is 0 Å². The van der Waals surface area contributed by atoms with Crippen LogP contribution in [0.5, 0.6) is 11.5 Å². The highest BCUT2D eigenvalue weighted by molar-refractivity contribution is 5.78. The summed E-state index contributed by atoms with van der Waals surface area (Å²) in [6.45, 7) is -2.77. The summed E-state index contributed by atoms with van der Waals surface area (Å²) < 4.78 is 195. The summed E-state index contributed by atoms with van der Waals surface area (Å²) >= 11 is 0. The van der Waals surface area contributed by atoms with Gasteiger partial charge in [-0.1, -0.05) is 30.3 Å². The maximum absolute atomic E-state index is 14.1. The molecule has 0 aliphatic rings. The second-order valence-electron chi connectivity index (χ2n) is 13.6. The molecule has 1 amide bonds. The van der Waals surface area contributed by atoms with Crippen molar-refractivity contribution in [1.29, 1.82) is 0 Å². The smallest absolute Gasteiger partial charge is 0.313 e. The van der Waals surface area contributed by atoms with E-state index in [1.807, 2.05) is 0 Å². The van der Waals surface area contributed by atoms with Crippen LogP contribution < -0.4 is 14.8 Å². The molecule has 0 heterocycles. The molecule has 0 aliphatic carbocycles. The lowest BCUT2D eigenvalue weighted by atomic mass is 10.0. The molecule has 3 aromatic carbocycles. The van der Waals surface area contributed by atoms with Gasteiger partial charge >= 0.3 is 17.9 Å². The molecule has 3 aromatic rings. The number of allylic oxidation sites excluding steroid dienone is 2. The minimum absolute atomic E-state index is 0.0541. The van der Waals surface area contributed by atoms with Crippen LogP contribution in [0.2, 0.25) is 0 Å². The Bertz CT molecular complexity index is 1990. The van der Waals surface area contributed by atoms with Crippen molar-refractivity contribution in [3.8, 4) is 11.5 Å². The molecule has 0 atom stereocenters. The summed E-state index contributed by atoms with van der Waals surface area (Å²) in [4.78, 5) is 50.3. The second-order valence-corrected chi connectivity index (χ2v) is 13.6. The maximum atomic E-state index is 14.1. The molecular weight excluding hydrogens is 894 g/mol. The van der Waals surface area contributed by atoms with E-state index in [-0.39, 0.29) is 51.7 Å². The fraction of sp³-hybridized carbons (Fsp3) is 0.415. The number of rotatable bonds is 26. The Kier molecular flexibility index (Phi) is 21.0. The van der Waals surface area contributed by atoms with Crippen molar-refractivity contribution in [3.63, 3.8) is 0 Å². The van der Waals surface area contributed by atoms with E-state index in [1.165, 1.54) is 0 Å². The number of amides is 1. The van der Waals surface area contributed by atoms with E-state index >= 15 is 0 Å². The highest BCUT2D eigenvalue weighted by Crippen LogP contribution is 2.31. The molecule has 0 aromatic heterocycles. The quantitative estimate of drug-likeness (QED) is 0.0209. The molecule has 0 fully saturated rings. The number of benzene rings is 3. The first-order valence-electron chi connectivity index (χ1n) is 19.0. The van der Waals surface area contributed by atoms with Gasteiger partial charge < -0.3 is 33.7 Å². The number of hydrogen-bond acceptors (Lipinski definition) is 10. The van der Waals surface area contributed by atoms with Gasteiger partial charge in [0.15, 0.2) is 0 Å². The summed E-state index contributed by atoms with van der Waals surface area (Å²) in [5.41, 5.74) is -1.17. The SMILES string of the molecule is CC(F)=C(F)CCCCOCC(COCCC(=O)Oc1c(F)c(F)c(F)c(F)c1F)(COCCC(=O)Oc1c(F)c(F)c(F)c(F)c1F)NC(=O)CCCC(=O)OCc1ccccc1. The Morgan fingerprint density at radius 1 is 0.516 bits per heavy atom. The van der Waals surface area contributed by atoms with Crippen LogP contribution in [0.15, 0.2) is 42.0 Å². The molecule has 0 unspecified atom stereocenters. The molecule has 3 rings (SSSR count). The van der Waals surface area contributed by atoms with Crippen LogP contribution in [0.3, 0.4) is 0 Å². The van der Waals surface area contributed by atoms with Crippen molar-refractivity contribution in [2.24, 2.45) is 0 Å². The number of nitrogens with one attached hydrogen (secondary N) is 1. The average molecular weight is 934 g/mol. The van der Waals surface area contributed by atoms with E-state index in [9.17, 15) is 71.9 Å². The lowest BCUT2D eigenvalue weighted by molar-refractivity contribution is -0.145. The van der Waals surface area contributed by atoms with Gasteiger partial charge in [-0.05, 0) is 31.7 Å². The number of hydrogen-bond donors (Lipinski definition) is 1. The van der Waals surface area contributed by atoms with Crippen LogP contribution in [-0.2, 0) is 44.7 Å². The standard InChI is InChI=1S/C41H39F12NO10/c1-22(42)24(43)10-5-6-15-59-19-41(54-25(55)11-7-12-26(56)62-18-23-8-3-2-4-9-23,20-60-16-13-27(57)63-39-35(50)31(46)29(44)32(47)36(39)51)21-61-17-14-28(58)64-40-37(52)33(48)30(45)34(49)38(40)53/h2-4,8-9H,5-7,10-21H2,1H3,(H,54,55).